The fourth-order valence-corrected chi connectivity index (χ4v) is 2.86. The van der Waals surface area contributed by atoms with Crippen LogP contribution in [0.15, 0.2) is 51.5 Å². The lowest BCUT2D eigenvalue weighted by atomic mass is 10.0. The van der Waals surface area contributed by atoms with Gasteiger partial charge in [-0.15, -0.1) is 0 Å². The number of rotatable bonds is 5. The Morgan fingerprint density at radius 1 is 1.17 bits per heavy atom. The molecular weight excluding hydrogens is 368 g/mol. The molecule has 0 bridgehead atoms. The fourth-order valence-electron chi connectivity index (χ4n) is 2.35. The Morgan fingerprint density at radius 3 is 2.71 bits per heavy atom. The van der Waals surface area contributed by atoms with E-state index in [9.17, 15) is 0 Å². The summed E-state index contributed by atoms with van der Waals surface area (Å²) in [4.78, 5) is 4.39. The van der Waals surface area contributed by atoms with Crippen LogP contribution in [0.3, 0.4) is 0 Å². The molecule has 3 aromatic rings. The molecular formula is C19H19BrN2O2. The Labute approximate surface area is 150 Å². The summed E-state index contributed by atoms with van der Waals surface area (Å²) in [6.45, 7) is 6.59. The smallest absolute Gasteiger partial charge is 0.264 e. The first-order valence-corrected chi connectivity index (χ1v) is 8.64. The van der Waals surface area contributed by atoms with E-state index in [1.165, 1.54) is 5.56 Å². The second-order valence-electron chi connectivity index (χ2n) is 6.01. The molecule has 0 aliphatic rings. The molecule has 0 N–H and O–H groups in total. The van der Waals surface area contributed by atoms with Gasteiger partial charge in [0.1, 0.15) is 5.75 Å². The third kappa shape index (κ3) is 3.85. The summed E-state index contributed by atoms with van der Waals surface area (Å²) >= 11 is 3.55. The lowest BCUT2D eigenvalue weighted by Crippen LogP contribution is -1.97. The zero-order valence-corrected chi connectivity index (χ0v) is 15.5. The highest BCUT2D eigenvalue weighted by Gasteiger charge is 2.11. The van der Waals surface area contributed by atoms with Gasteiger partial charge in [0.2, 0.25) is 5.82 Å². The standard InChI is InChI=1S/C19H19BrN2O2/c1-12(2)14-7-8-17(16(20)10-14)23-11-18-21-19(22-24-18)15-6-4-5-13(3)9-15/h4-10,12H,11H2,1-3H3. The number of benzene rings is 2. The van der Waals surface area contributed by atoms with Crippen LogP contribution in [0.5, 0.6) is 5.75 Å². The van der Waals surface area contributed by atoms with Gasteiger partial charge in [-0.3, -0.25) is 0 Å². The van der Waals surface area contributed by atoms with Crippen LogP contribution in [0.4, 0.5) is 0 Å². The van der Waals surface area contributed by atoms with Gasteiger partial charge in [-0.05, 0) is 52.5 Å². The summed E-state index contributed by atoms with van der Waals surface area (Å²) < 4.78 is 12.0. The van der Waals surface area contributed by atoms with E-state index < -0.39 is 0 Å². The molecule has 124 valence electrons. The van der Waals surface area contributed by atoms with E-state index in [1.807, 2.05) is 37.3 Å². The van der Waals surface area contributed by atoms with Gasteiger partial charge < -0.3 is 9.26 Å². The number of hydrogen-bond acceptors (Lipinski definition) is 4. The average molecular weight is 387 g/mol. The maximum absolute atomic E-state index is 5.79. The van der Waals surface area contributed by atoms with Crippen LogP contribution in [0.2, 0.25) is 0 Å². The molecule has 0 radical (unpaired) electrons. The SMILES string of the molecule is Cc1cccc(-c2noc(COc3ccc(C(C)C)cc3Br)n2)c1. The molecule has 0 fully saturated rings. The van der Waals surface area contributed by atoms with E-state index in [2.05, 4.69) is 52.1 Å². The number of nitrogens with zero attached hydrogens (tertiary/aromatic N) is 2. The molecule has 1 aromatic heterocycles. The molecule has 0 amide bonds. The summed E-state index contributed by atoms with van der Waals surface area (Å²) in [5.74, 6) is 2.26. The molecule has 2 aromatic carbocycles. The van der Waals surface area contributed by atoms with Crippen molar-refractivity contribution in [3.8, 4) is 17.1 Å². The van der Waals surface area contributed by atoms with E-state index in [-0.39, 0.29) is 6.61 Å². The topological polar surface area (TPSA) is 48.2 Å². The molecule has 0 aliphatic carbocycles. The first kappa shape index (κ1) is 16.7. The Hall–Kier alpha value is -2.14. The molecule has 24 heavy (non-hydrogen) atoms. The van der Waals surface area contributed by atoms with Crippen LogP contribution in [-0.2, 0) is 6.61 Å². The first-order chi connectivity index (χ1) is 11.5. The monoisotopic (exact) mass is 386 g/mol. The summed E-state index contributed by atoms with van der Waals surface area (Å²) in [5, 5.41) is 4.02. The molecule has 1 heterocycles. The molecule has 0 saturated carbocycles. The molecule has 3 rings (SSSR count). The Bertz CT molecular complexity index is 843. The van der Waals surface area contributed by atoms with E-state index in [0.717, 1.165) is 21.3 Å². The van der Waals surface area contributed by atoms with E-state index in [1.54, 1.807) is 0 Å². The number of aryl methyl sites for hydroxylation is 1. The third-order valence-corrected chi connectivity index (χ3v) is 4.34. The summed E-state index contributed by atoms with van der Waals surface area (Å²) in [5.41, 5.74) is 3.35. The summed E-state index contributed by atoms with van der Waals surface area (Å²) in [6, 6.07) is 14.1. The van der Waals surface area contributed by atoms with Crippen molar-refractivity contribution in [2.75, 3.05) is 0 Å². The van der Waals surface area contributed by atoms with Gasteiger partial charge in [-0.2, -0.15) is 4.98 Å². The number of ether oxygens (including phenoxy) is 1. The van der Waals surface area contributed by atoms with E-state index >= 15 is 0 Å². The highest BCUT2D eigenvalue weighted by Crippen LogP contribution is 2.29. The largest absolute Gasteiger partial charge is 0.483 e. The minimum absolute atomic E-state index is 0.235. The Morgan fingerprint density at radius 2 is 2.00 bits per heavy atom. The van der Waals surface area contributed by atoms with E-state index in [4.69, 9.17) is 9.26 Å². The number of halogens is 1. The van der Waals surface area contributed by atoms with Crippen molar-refractivity contribution in [2.45, 2.75) is 33.3 Å². The van der Waals surface area contributed by atoms with Crippen molar-refractivity contribution < 1.29 is 9.26 Å². The maximum Gasteiger partial charge on any atom is 0.264 e. The Balaban J connectivity index is 1.70. The predicted octanol–water partition coefficient (Wildman–Crippen LogP) is 5.51. The van der Waals surface area contributed by atoms with Crippen molar-refractivity contribution in [3.05, 3.63) is 64.0 Å². The van der Waals surface area contributed by atoms with Gasteiger partial charge in [0.05, 0.1) is 4.47 Å². The second-order valence-corrected chi connectivity index (χ2v) is 6.87. The second kappa shape index (κ2) is 7.18. The van der Waals surface area contributed by atoms with Crippen LogP contribution in [0.25, 0.3) is 11.4 Å². The van der Waals surface area contributed by atoms with Gasteiger partial charge in [0, 0.05) is 5.56 Å². The van der Waals surface area contributed by atoms with Crippen LogP contribution in [0.1, 0.15) is 36.8 Å². The third-order valence-electron chi connectivity index (χ3n) is 3.72. The highest BCUT2D eigenvalue weighted by atomic mass is 79.9. The summed E-state index contributed by atoms with van der Waals surface area (Å²) in [6.07, 6.45) is 0. The van der Waals surface area contributed by atoms with Gasteiger partial charge in [-0.1, -0.05) is 48.8 Å². The normalized spacial score (nSPS) is 11.0. The molecule has 0 atom stereocenters. The Kier molecular flexibility index (Phi) is 5.00. The number of aromatic nitrogens is 2. The average Bonchev–Trinajstić information content (AvgIpc) is 3.02. The van der Waals surface area contributed by atoms with Gasteiger partial charge >= 0.3 is 0 Å². The van der Waals surface area contributed by atoms with Crippen molar-refractivity contribution in [1.82, 2.24) is 10.1 Å². The lowest BCUT2D eigenvalue weighted by molar-refractivity contribution is 0.241. The van der Waals surface area contributed by atoms with Gasteiger partial charge in [0.15, 0.2) is 6.61 Å². The van der Waals surface area contributed by atoms with Crippen LogP contribution in [0, 0.1) is 6.92 Å². The van der Waals surface area contributed by atoms with Gasteiger partial charge in [0.25, 0.3) is 5.89 Å². The summed E-state index contributed by atoms with van der Waals surface area (Å²) in [7, 11) is 0. The molecule has 0 unspecified atom stereocenters. The van der Waals surface area contributed by atoms with E-state index in [0.29, 0.717) is 17.6 Å². The minimum atomic E-state index is 0.235. The molecule has 0 saturated heterocycles. The molecule has 0 spiro atoms. The fraction of sp³-hybridized carbons (Fsp3) is 0.263. The lowest BCUT2D eigenvalue weighted by Gasteiger charge is -2.10. The van der Waals surface area contributed by atoms with Crippen molar-refractivity contribution in [3.63, 3.8) is 0 Å². The zero-order valence-electron chi connectivity index (χ0n) is 13.9. The van der Waals surface area contributed by atoms with Crippen molar-refractivity contribution in [1.29, 1.82) is 0 Å². The highest BCUT2D eigenvalue weighted by molar-refractivity contribution is 9.10. The van der Waals surface area contributed by atoms with Crippen molar-refractivity contribution >= 4 is 15.9 Å². The maximum atomic E-state index is 5.79. The molecule has 4 nitrogen and oxygen atoms in total. The molecule has 0 aliphatic heterocycles. The van der Waals surface area contributed by atoms with Crippen LogP contribution >= 0.6 is 15.9 Å². The minimum Gasteiger partial charge on any atom is -0.483 e. The van der Waals surface area contributed by atoms with Gasteiger partial charge in [-0.25, -0.2) is 0 Å². The van der Waals surface area contributed by atoms with Crippen LogP contribution < -0.4 is 4.74 Å². The van der Waals surface area contributed by atoms with Crippen LogP contribution in [-0.4, -0.2) is 10.1 Å². The molecule has 5 heteroatoms. The number of hydrogen-bond donors (Lipinski definition) is 0. The quantitative estimate of drug-likeness (QED) is 0.579. The predicted molar refractivity (Wildman–Crippen MR) is 97.0 cm³/mol. The van der Waals surface area contributed by atoms with Crippen molar-refractivity contribution in [2.24, 2.45) is 0 Å². The zero-order chi connectivity index (χ0) is 17.1. The first-order valence-electron chi connectivity index (χ1n) is 7.85.